The lowest BCUT2D eigenvalue weighted by molar-refractivity contribution is 0.473. The summed E-state index contributed by atoms with van der Waals surface area (Å²) in [5.41, 5.74) is 12.1. The summed E-state index contributed by atoms with van der Waals surface area (Å²) in [6.45, 7) is 0.800. The normalized spacial score (nSPS) is 20.6. The number of nitrogens with zero attached hydrogens (tertiary/aromatic N) is 2. The van der Waals surface area contributed by atoms with Gasteiger partial charge in [0.2, 0.25) is 10.0 Å². The lowest BCUT2D eigenvalue weighted by Crippen LogP contribution is -2.32. The highest BCUT2D eigenvalue weighted by Crippen LogP contribution is 2.30. The van der Waals surface area contributed by atoms with Crippen LogP contribution >= 0.6 is 0 Å². The number of pyridine rings is 1. The highest BCUT2D eigenvalue weighted by molar-refractivity contribution is 7.89. The Labute approximate surface area is 117 Å². The van der Waals surface area contributed by atoms with Gasteiger partial charge in [0.15, 0.2) is 0 Å². The average molecular weight is 292 g/mol. The molecule has 2 heterocycles. The van der Waals surface area contributed by atoms with Crippen LogP contribution in [0.1, 0.15) is 6.42 Å². The van der Waals surface area contributed by atoms with Crippen molar-refractivity contribution in [3.63, 3.8) is 0 Å². The molecular formula is C13H16N4O2S. The summed E-state index contributed by atoms with van der Waals surface area (Å²) in [4.78, 5) is 4.22. The van der Waals surface area contributed by atoms with Gasteiger partial charge in [0, 0.05) is 36.1 Å². The molecule has 1 aromatic heterocycles. The molecule has 0 radical (unpaired) electrons. The molecule has 1 fully saturated rings. The molecule has 3 rings (SSSR count). The molecular weight excluding hydrogens is 276 g/mol. The molecule has 0 bridgehead atoms. The third-order valence-corrected chi connectivity index (χ3v) is 5.49. The third-order valence-electron chi connectivity index (χ3n) is 3.58. The molecule has 20 heavy (non-hydrogen) atoms. The smallest absolute Gasteiger partial charge is 0.243 e. The zero-order valence-electron chi connectivity index (χ0n) is 10.9. The van der Waals surface area contributed by atoms with Gasteiger partial charge < -0.3 is 11.5 Å². The van der Waals surface area contributed by atoms with E-state index in [-0.39, 0.29) is 10.9 Å². The number of hydrogen-bond acceptors (Lipinski definition) is 5. The second-order valence-electron chi connectivity index (χ2n) is 4.99. The number of rotatable bonds is 2. The Morgan fingerprint density at radius 2 is 2.10 bits per heavy atom. The first-order valence-electron chi connectivity index (χ1n) is 6.38. The molecule has 0 amide bonds. The molecule has 1 atom stereocenters. The fraction of sp³-hybridized carbons (Fsp3) is 0.308. The quantitative estimate of drug-likeness (QED) is 0.841. The van der Waals surface area contributed by atoms with E-state index >= 15 is 0 Å². The molecule has 0 spiro atoms. The molecule has 7 heteroatoms. The maximum Gasteiger partial charge on any atom is 0.243 e. The largest absolute Gasteiger partial charge is 0.397 e. The molecule has 0 saturated carbocycles. The fourth-order valence-electron chi connectivity index (χ4n) is 2.55. The van der Waals surface area contributed by atoms with E-state index in [2.05, 4.69) is 4.98 Å². The van der Waals surface area contributed by atoms with Crippen molar-refractivity contribution in [3.8, 4) is 0 Å². The summed E-state index contributed by atoms with van der Waals surface area (Å²) >= 11 is 0. The third kappa shape index (κ3) is 2.04. The van der Waals surface area contributed by atoms with Crippen LogP contribution in [-0.4, -0.2) is 36.8 Å². The van der Waals surface area contributed by atoms with Gasteiger partial charge in [-0.2, -0.15) is 4.31 Å². The van der Waals surface area contributed by atoms with Gasteiger partial charge in [-0.3, -0.25) is 4.98 Å². The van der Waals surface area contributed by atoms with Crippen LogP contribution in [0.5, 0.6) is 0 Å². The summed E-state index contributed by atoms with van der Waals surface area (Å²) in [6, 6.07) is 4.98. The molecule has 1 aliphatic heterocycles. The summed E-state index contributed by atoms with van der Waals surface area (Å²) in [5.74, 6) is 0. The maximum absolute atomic E-state index is 12.7. The van der Waals surface area contributed by atoms with Crippen LogP contribution < -0.4 is 11.5 Å². The summed E-state index contributed by atoms with van der Waals surface area (Å²) in [7, 11) is -3.58. The van der Waals surface area contributed by atoms with Crippen LogP contribution in [0.3, 0.4) is 0 Å². The second-order valence-corrected chi connectivity index (χ2v) is 6.90. The van der Waals surface area contributed by atoms with Crippen LogP contribution in [0.4, 0.5) is 5.69 Å². The lowest BCUT2D eigenvalue weighted by Gasteiger charge is -2.17. The maximum atomic E-state index is 12.7. The first kappa shape index (κ1) is 13.3. The van der Waals surface area contributed by atoms with Crippen molar-refractivity contribution < 1.29 is 8.42 Å². The minimum atomic E-state index is -3.58. The molecule has 1 aromatic carbocycles. The van der Waals surface area contributed by atoms with Gasteiger partial charge in [0.05, 0.1) is 16.8 Å². The van der Waals surface area contributed by atoms with Crippen molar-refractivity contribution >= 4 is 26.5 Å². The van der Waals surface area contributed by atoms with Gasteiger partial charge in [-0.15, -0.1) is 0 Å². The fourth-order valence-corrected chi connectivity index (χ4v) is 4.31. The Balaban J connectivity index is 2.19. The van der Waals surface area contributed by atoms with E-state index in [1.807, 2.05) is 0 Å². The van der Waals surface area contributed by atoms with Crippen LogP contribution in [0.25, 0.3) is 10.8 Å². The predicted octanol–water partition coefficient (Wildman–Crippen LogP) is 0.539. The highest BCUT2D eigenvalue weighted by atomic mass is 32.2. The molecule has 4 N–H and O–H groups in total. The summed E-state index contributed by atoms with van der Waals surface area (Å²) in [6.07, 6.45) is 3.76. The van der Waals surface area contributed by atoms with Crippen LogP contribution in [0, 0.1) is 0 Å². The van der Waals surface area contributed by atoms with Gasteiger partial charge in [0.25, 0.3) is 0 Å². The van der Waals surface area contributed by atoms with Crippen molar-refractivity contribution in [1.29, 1.82) is 0 Å². The minimum Gasteiger partial charge on any atom is -0.397 e. The van der Waals surface area contributed by atoms with Gasteiger partial charge in [-0.05, 0) is 12.5 Å². The van der Waals surface area contributed by atoms with E-state index in [0.717, 1.165) is 5.39 Å². The number of benzene rings is 1. The molecule has 1 saturated heterocycles. The van der Waals surface area contributed by atoms with E-state index in [0.29, 0.717) is 30.6 Å². The Morgan fingerprint density at radius 3 is 2.80 bits per heavy atom. The first-order chi connectivity index (χ1) is 9.50. The number of fused-ring (bicyclic) bond motifs is 1. The highest BCUT2D eigenvalue weighted by Gasteiger charge is 2.32. The van der Waals surface area contributed by atoms with Crippen molar-refractivity contribution in [1.82, 2.24) is 9.29 Å². The van der Waals surface area contributed by atoms with Gasteiger partial charge in [-0.1, -0.05) is 12.1 Å². The topological polar surface area (TPSA) is 102 Å². The number of nitrogens with two attached hydrogens (primary N) is 2. The predicted molar refractivity (Wildman–Crippen MR) is 77.5 cm³/mol. The number of anilines is 1. The van der Waals surface area contributed by atoms with Crippen LogP contribution in [0.15, 0.2) is 35.5 Å². The zero-order valence-corrected chi connectivity index (χ0v) is 11.7. The second kappa shape index (κ2) is 4.69. The Morgan fingerprint density at radius 1 is 1.30 bits per heavy atom. The van der Waals surface area contributed by atoms with Gasteiger partial charge >= 0.3 is 0 Å². The molecule has 2 aromatic rings. The Kier molecular flexibility index (Phi) is 3.12. The van der Waals surface area contributed by atoms with E-state index in [1.54, 1.807) is 24.4 Å². The molecule has 106 valence electrons. The number of sulfonamides is 1. The van der Waals surface area contributed by atoms with Gasteiger partial charge in [-0.25, -0.2) is 8.42 Å². The zero-order chi connectivity index (χ0) is 14.3. The van der Waals surface area contributed by atoms with Gasteiger partial charge in [0.1, 0.15) is 0 Å². The minimum absolute atomic E-state index is 0.0984. The summed E-state index contributed by atoms with van der Waals surface area (Å²) in [5, 5.41) is 1.25. The number of nitrogen functional groups attached to an aromatic ring is 1. The monoisotopic (exact) mass is 292 g/mol. The number of hydrogen-bond donors (Lipinski definition) is 2. The van der Waals surface area contributed by atoms with Crippen molar-refractivity contribution in [3.05, 3.63) is 30.6 Å². The first-order valence-corrected chi connectivity index (χ1v) is 7.82. The Bertz CT molecular complexity index is 755. The van der Waals surface area contributed by atoms with E-state index in [9.17, 15) is 8.42 Å². The number of aromatic nitrogens is 1. The summed E-state index contributed by atoms with van der Waals surface area (Å²) < 4.78 is 26.9. The van der Waals surface area contributed by atoms with Crippen molar-refractivity contribution in [2.45, 2.75) is 17.4 Å². The molecule has 0 unspecified atom stereocenters. The lowest BCUT2D eigenvalue weighted by atomic mass is 10.1. The average Bonchev–Trinajstić information content (AvgIpc) is 2.86. The van der Waals surface area contributed by atoms with E-state index in [1.165, 1.54) is 10.5 Å². The van der Waals surface area contributed by atoms with Crippen molar-refractivity contribution in [2.24, 2.45) is 5.73 Å². The van der Waals surface area contributed by atoms with Crippen LogP contribution in [-0.2, 0) is 10.0 Å². The molecule has 6 nitrogen and oxygen atoms in total. The molecule has 1 aliphatic rings. The molecule has 0 aliphatic carbocycles. The van der Waals surface area contributed by atoms with E-state index < -0.39 is 10.0 Å². The Hall–Kier alpha value is -1.70. The standard InChI is InChI=1S/C13H16N4O2S/c14-10-4-5-17(8-10)20(18,19)12-3-1-2-9-6-16-7-11(15)13(9)12/h1-3,6-7,10H,4-5,8,14-15H2/t10-/m1/s1. The SMILES string of the molecule is Nc1cncc2cccc(S(=O)(=O)N3CC[C@@H](N)C3)c12. The van der Waals surface area contributed by atoms with Crippen molar-refractivity contribution in [2.75, 3.05) is 18.8 Å². The van der Waals surface area contributed by atoms with Crippen LogP contribution in [0.2, 0.25) is 0 Å². The van der Waals surface area contributed by atoms with E-state index in [4.69, 9.17) is 11.5 Å².